The number of rotatable bonds is 6. The number of hydrogen-bond donors (Lipinski definition) is 0. The SMILES string of the molecule is CN(C)c1cccc2nccc(CCN3C(=O)N(c4ccc(OC(F)(F)F)cc4)C(=O)C3(C)C)c12. The second-order valence-electron chi connectivity index (χ2n) is 8.96. The maximum Gasteiger partial charge on any atom is 0.573 e. The summed E-state index contributed by atoms with van der Waals surface area (Å²) < 4.78 is 41.2. The summed E-state index contributed by atoms with van der Waals surface area (Å²) >= 11 is 0. The maximum absolute atomic E-state index is 13.3. The molecule has 35 heavy (non-hydrogen) atoms. The van der Waals surface area contributed by atoms with Gasteiger partial charge in [-0.3, -0.25) is 9.78 Å². The quantitative estimate of drug-likeness (QED) is 0.460. The first-order valence-corrected chi connectivity index (χ1v) is 11.0. The Morgan fingerprint density at radius 1 is 1.03 bits per heavy atom. The van der Waals surface area contributed by atoms with Gasteiger partial charge >= 0.3 is 12.4 Å². The molecule has 0 atom stereocenters. The van der Waals surface area contributed by atoms with E-state index in [9.17, 15) is 22.8 Å². The minimum Gasteiger partial charge on any atom is -0.406 e. The first kappa shape index (κ1) is 24.3. The van der Waals surface area contributed by atoms with Crippen LogP contribution in [0.3, 0.4) is 0 Å². The van der Waals surface area contributed by atoms with Gasteiger partial charge in [-0.25, -0.2) is 9.69 Å². The Morgan fingerprint density at radius 3 is 2.34 bits per heavy atom. The molecule has 1 aliphatic heterocycles. The number of ether oxygens (including phenoxy) is 1. The Balaban J connectivity index is 1.59. The van der Waals surface area contributed by atoms with Crippen molar-refractivity contribution in [1.29, 1.82) is 0 Å². The van der Waals surface area contributed by atoms with Crippen LogP contribution in [-0.2, 0) is 11.2 Å². The number of carbonyl (C=O) groups excluding carboxylic acids is 2. The monoisotopic (exact) mass is 486 g/mol. The molecule has 3 amide bonds. The van der Waals surface area contributed by atoms with Crippen LogP contribution < -0.4 is 14.5 Å². The summed E-state index contributed by atoms with van der Waals surface area (Å²) in [4.78, 5) is 35.4. The summed E-state index contributed by atoms with van der Waals surface area (Å²) in [6.45, 7) is 3.58. The first-order chi connectivity index (χ1) is 16.4. The second-order valence-corrected chi connectivity index (χ2v) is 8.96. The van der Waals surface area contributed by atoms with Crippen LogP contribution >= 0.6 is 0 Å². The number of pyridine rings is 1. The van der Waals surface area contributed by atoms with E-state index < -0.39 is 29.6 Å². The van der Waals surface area contributed by atoms with Gasteiger partial charge in [0, 0.05) is 37.9 Å². The lowest BCUT2D eigenvalue weighted by atomic mass is 10.0. The molecule has 1 aliphatic rings. The van der Waals surface area contributed by atoms with Gasteiger partial charge in [-0.1, -0.05) is 6.07 Å². The molecule has 10 heteroatoms. The zero-order valence-corrected chi connectivity index (χ0v) is 19.8. The van der Waals surface area contributed by atoms with Crippen molar-refractivity contribution in [3.8, 4) is 5.75 Å². The molecule has 0 spiro atoms. The minimum absolute atomic E-state index is 0.175. The molecule has 3 aromatic rings. The van der Waals surface area contributed by atoms with Crippen molar-refractivity contribution in [2.45, 2.75) is 32.2 Å². The zero-order chi connectivity index (χ0) is 25.5. The Bertz CT molecular complexity index is 1270. The van der Waals surface area contributed by atoms with Crippen molar-refractivity contribution in [1.82, 2.24) is 9.88 Å². The summed E-state index contributed by atoms with van der Waals surface area (Å²) in [6, 6.07) is 11.9. The van der Waals surface area contributed by atoms with Gasteiger partial charge in [0.15, 0.2) is 0 Å². The van der Waals surface area contributed by atoms with Gasteiger partial charge in [0.1, 0.15) is 11.3 Å². The molecule has 1 aromatic heterocycles. The van der Waals surface area contributed by atoms with Crippen LogP contribution in [0, 0.1) is 0 Å². The fraction of sp³-hybridized carbons (Fsp3) is 0.320. The van der Waals surface area contributed by atoms with Crippen molar-refractivity contribution >= 4 is 34.2 Å². The molecule has 184 valence electrons. The van der Waals surface area contributed by atoms with Crippen LogP contribution in [0.2, 0.25) is 0 Å². The summed E-state index contributed by atoms with van der Waals surface area (Å²) in [5.74, 6) is -0.890. The highest BCUT2D eigenvalue weighted by molar-refractivity contribution is 6.23. The van der Waals surface area contributed by atoms with Crippen LogP contribution in [-0.4, -0.2) is 54.4 Å². The van der Waals surface area contributed by atoms with Gasteiger partial charge in [-0.2, -0.15) is 0 Å². The lowest BCUT2D eigenvalue weighted by molar-refractivity contribution is -0.274. The third kappa shape index (κ3) is 4.60. The third-order valence-corrected chi connectivity index (χ3v) is 6.07. The molecule has 1 fully saturated rings. The molecule has 2 heterocycles. The number of imide groups is 1. The fourth-order valence-corrected chi connectivity index (χ4v) is 4.30. The van der Waals surface area contributed by atoms with E-state index in [1.54, 1.807) is 20.0 Å². The van der Waals surface area contributed by atoms with Gasteiger partial charge in [-0.05, 0) is 68.3 Å². The Labute approximate surface area is 200 Å². The lowest BCUT2D eigenvalue weighted by Crippen LogP contribution is -2.45. The number of halogens is 3. The van der Waals surface area contributed by atoms with E-state index in [0.29, 0.717) is 6.42 Å². The predicted octanol–water partition coefficient (Wildman–Crippen LogP) is 4.99. The number of aromatic nitrogens is 1. The number of urea groups is 1. The number of fused-ring (bicyclic) bond motifs is 1. The highest BCUT2D eigenvalue weighted by Crippen LogP contribution is 2.34. The molecular formula is C25H25F3N4O3. The van der Waals surface area contributed by atoms with Gasteiger partial charge in [0.25, 0.3) is 5.91 Å². The summed E-state index contributed by atoms with van der Waals surface area (Å²) in [7, 11) is 3.89. The molecule has 0 unspecified atom stereocenters. The zero-order valence-electron chi connectivity index (χ0n) is 19.8. The topological polar surface area (TPSA) is 66.0 Å². The number of benzene rings is 2. The number of carbonyl (C=O) groups is 2. The molecule has 0 saturated carbocycles. The van der Waals surface area contributed by atoms with Crippen LogP contribution in [0.15, 0.2) is 54.7 Å². The average molecular weight is 486 g/mol. The predicted molar refractivity (Wildman–Crippen MR) is 127 cm³/mol. The third-order valence-electron chi connectivity index (χ3n) is 6.07. The number of anilines is 2. The number of amides is 3. The molecule has 0 aliphatic carbocycles. The van der Waals surface area contributed by atoms with Crippen molar-refractivity contribution < 1.29 is 27.5 Å². The molecule has 7 nitrogen and oxygen atoms in total. The highest BCUT2D eigenvalue weighted by Gasteiger charge is 2.51. The van der Waals surface area contributed by atoms with Crippen LogP contribution in [0.4, 0.5) is 29.3 Å². The van der Waals surface area contributed by atoms with E-state index in [4.69, 9.17) is 0 Å². The molecule has 2 aromatic carbocycles. The van der Waals surface area contributed by atoms with Crippen molar-refractivity contribution in [3.63, 3.8) is 0 Å². The van der Waals surface area contributed by atoms with Crippen molar-refractivity contribution in [2.24, 2.45) is 0 Å². The Hall–Kier alpha value is -3.82. The normalized spacial score (nSPS) is 15.7. The van der Waals surface area contributed by atoms with Gasteiger partial charge in [0.2, 0.25) is 0 Å². The molecule has 0 radical (unpaired) electrons. The fourth-order valence-electron chi connectivity index (χ4n) is 4.30. The van der Waals surface area contributed by atoms with E-state index in [-0.39, 0.29) is 12.2 Å². The van der Waals surface area contributed by atoms with Crippen LogP contribution in [0.5, 0.6) is 5.75 Å². The maximum atomic E-state index is 13.3. The largest absolute Gasteiger partial charge is 0.573 e. The summed E-state index contributed by atoms with van der Waals surface area (Å²) in [6.07, 6.45) is -2.63. The lowest BCUT2D eigenvalue weighted by Gasteiger charge is -2.28. The molecular weight excluding hydrogens is 461 g/mol. The van der Waals surface area contributed by atoms with E-state index >= 15 is 0 Å². The van der Waals surface area contributed by atoms with Gasteiger partial charge in [0.05, 0.1) is 11.2 Å². The van der Waals surface area contributed by atoms with Gasteiger partial charge in [-0.15, -0.1) is 13.2 Å². The number of alkyl halides is 3. The second kappa shape index (κ2) is 8.75. The van der Waals surface area contributed by atoms with Crippen LogP contribution in [0.25, 0.3) is 10.9 Å². The minimum atomic E-state index is -4.83. The Morgan fingerprint density at radius 2 is 1.71 bits per heavy atom. The standard InChI is InChI=1S/C25H25F3N4O3/c1-24(2)22(33)32(17-8-10-18(11-9-17)35-25(26,27)28)23(34)31(24)15-13-16-12-14-29-19-6-5-7-20(21(16)19)30(3)4/h5-12,14H,13,15H2,1-4H3. The molecule has 0 bridgehead atoms. The Kier molecular flexibility index (Phi) is 6.08. The molecule has 0 N–H and O–H groups in total. The van der Waals surface area contributed by atoms with Crippen LogP contribution in [0.1, 0.15) is 19.4 Å². The van der Waals surface area contributed by atoms with Gasteiger partial charge < -0.3 is 14.5 Å². The summed E-state index contributed by atoms with van der Waals surface area (Å²) in [5.41, 5.74) is 1.86. The first-order valence-electron chi connectivity index (χ1n) is 11.0. The van der Waals surface area contributed by atoms with E-state index in [2.05, 4.69) is 9.72 Å². The number of hydrogen-bond acceptors (Lipinski definition) is 5. The average Bonchev–Trinajstić information content (AvgIpc) is 2.95. The van der Waals surface area contributed by atoms with E-state index in [0.717, 1.165) is 39.2 Å². The molecule has 1 saturated heterocycles. The van der Waals surface area contributed by atoms with E-state index in [1.165, 1.54) is 17.0 Å². The smallest absolute Gasteiger partial charge is 0.406 e. The highest BCUT2D eigenvalue weighted by atomic mass is 19.4. The molecule has 4 rings (SSSR count). The van der Waals surface area contributed by atoms with E-state index in [1.807, 2.05) is 43.3 Å². The summed E-state index contributed by atoms with van der Waals surface area (Å²) in [5, 5.41) is 0.980. The van der Waals surface area contributed by atoms with Crippen molar-refractivity contribution in [3.05, 3.63) is 60.3 Å². The van der Waals surface area contributed by atoms with Crippen molar-refractivity contribution in [2.75, 3.05) is 30.4 Å². The number of nitrogens with zero attached hydrogens (tertiary/aromatic N) is 4.